The van der Waals surface area contributed by atoms with Crippen LogP contribution in [0, 0.1) is 17.0 Å². The molecule has 11 heteroatoms. The first kappa shape index (κ1) is 20.1. The van der Waals surface area contributed by atoms with Crippen molar-refractivity contribution in [2.24, 2.45) is 10.8 Å². The highest BCUT2D eigenvalue weighted by Crippen LogP contribution is 2.23. The van der Waals surface area contributed by atoms with E-state index in [1.54, 1.807) is 25.1 Å². The van der Waals surface area contributed by atoms with Gasteiger partial charge < -0.3 is 10.5 Å². The Labute approximate surface area is 171 Å². The summed E-state index contributed by atoms with van der Waals surface area (Å²) in [6.45, 7) is 1.20. The second kappa shape index (κ2) is 8.19. The largest absolute Gasteiger partial charge is 0.483 e. The SMILES string of the molecule is Cc1nc2ccc(Br)cc2c(=O)n1N=Cc1cc([N+](=O)[O-])ccc1OCC(N)=O. The molecule has 0 saturated heterocycles. The van der Waals surface area contributed by atoms with Crippen LogP contribution in [0.15, 0.2) is 50.8 Å². The third-order valence-corrected chi connectivity index (χ3v) is 4.35. The van der Waals surface area contributed by atoms with E-state index in [0.717, 1.165) is 4.68 Å². The molecule has 0 aliphatic rings. The molecule has 0 bridgehead atoms. The fourth-order valence-corrected chi connectivity index (χ4v) is 2.91. The predicted molar refractivity (Wildman–Crippen MR) is 109 cm³/mol. The van der Waals surface area contributed by atoms with Crippen molar-refractivity contribution in [2.75, 3.05) is 6.61 Å². The van der Waals surface area contributed by atoms with Gasteiger partial charge in [-0.15, -0.1) is 0 Å². The van der Waals surface area contributed by atoms with Gasteiger partial charge in [-0.3, -0.25) is 19.7 Å². The first-order valence-corrected chi connectivity index (χ1v) is 8.98. The second-order valence-electron chi connectivity index (χ2n) is 5.92. The Bertz CT molecular complexity index is 1220. The van der Waals surface area contributed by atoms with Gasteiger partial charge in [0.2, 0.25) is 0 Å². The van der Waals surface area contributed by atoms with Crippen LogP contribution in [-0.4, -0.2) is 33.3 Å². The van der Waals surface area contributed by atoms with Gasteiger partial charge in [0.25, 0.3) is 17.2 Å². The summed E-state index contributed by atoms with van der Waals surface area (Å²) in [5.41, 5.74) is 5.17. The fourth-order valence-electron chi connectivity index (χ4n) is 2.55. The quantitative estimate of drug-likeness (QED) is 0.339. The monoisotopic (exact) mass is 459 g/mol. The van der Waals surface area contributed by atoms with E-state index in [1.807, 2.05) is 0 Å². The minimum absolute atomic E-state index is 0.153. The minimum Gasteiger partial charge on any atom is -0.483 e. The number of hydrogen-bond donors (Lipinski definition) is 1. The van der Waals surface area contributed by atoms with Gasteiger partial charge in [-0.2, -0.15) is 9.78 Å². The highest BCUT2D eigenvalue weighted by atomic mass is 79.9. The number of nitro benzene ring substituents is 1. The van der Waals surface area contributed by atoms with Gasteiger partial charge in [0, 0.05) is 22.2 Å². The fraction of sp³-hybridized carbons (Fsp3) is 0.111. The highest BCUT2D eigenvalue weighted by molar-refractivity contribution is 9.10. The van der Waals surface area contributed by atoms with E-state index >= 15 is 0 Å². The van der Waals surface area contributed by atoms with Gasteiger partial charge in [-0.1, -0.05) is 15.9 Å². The van der Waals surface area contributed by atoms with E-state index in [2.05, 4.69) is 26.0 Å². The van der Waals surface area contributed by atoms with Gasteiger partial charge in [-0.05, 0) is 31.2 Å². The van der Waals surface area contributed by atoms with Crippen LogP contribution in [-0.2, 0) is 4.79 Å². The number of non-ortho nitro benzene ring substituents is 1. The molecule has 0 atom stereocenters. The van der Waals surface area contributed by atoms with Crippen molar-refractivity contribution in [3.63, 3.8) is 0 Å². The lowest BCUT2D eigenvalue weighted by Gasteiger charge is -2.08. The molecule has 29 heavy (non-hydrogen) atoms. The van der Waals surface area contributed by atoms with Gasteiger partial charge in [0.1, 0.15) is 11.6 Å². The Kier molecular flexibility index (Phi) is 5.69. The Morgan fingerprint density at radius 3 is 2.83 bits per heavy atom. The number of halogens is 1. The molecule has 0 fully saturated rings. The van der Waals surface area contributed by atoms with Crippen molar-refractivity contribution in [2.45, 2.75) is 6.92 Å². The molecule has 0 spiro atoms. The number of aryl methyl sites for hydroxylation is 1. The summed E-state index contributed by atoms with van der Waals surface area (Å²) in [5, 5.41) is 15.5. The van der Waals surface area contributed by atoms with E-state index < -0.39 is 23.0 Å². The third kappa shape index (κ3) is 4.46. The normalized spacial score (nSPS) is 11.1. The molecular weight excluding hydrogens is 446 g/mol. The van der Waals surface area contributed by atoms with Crippen LogP contribution in [0.2, 0.25) is 0 Å². The molecule has 3 aromatic rings. The molecule has 0 unspecified atom stereocenters. The van der Waals surface area contributed by atoms with Crippen LogP contribution in [0.3, 0.4) is 0 Å². The van der Waals surface area contributed by atoms with E-state index in [1.165, 1.54) is 24.4 Å². The number of carbonyl (C=O) groups is 1. The number of rotatable bonds is 6. The van der Waals surface area contributed by atoms with E-state index in [9.17, 15) is 19.7 Å². The van der Waals surface area contributed by atoms with Crippen molar-refractivity contribution in [3.05, 3.63) is 72.7 Å². The molecule has 0 aliphatic carbocycles. The Balaban J connectivity index is 2.09. The summed E-state index contributed by atoms with van der Waals surface area (Å²) in [7, 11) is 0. The number of nitrogens with zero attached hydrogens (tertiary/aromatic N) is 4. The maximum absolute atomic E-state index is 12.8. The molecule has 0 aliphatic heterocycles. The zero-order valence-electron chi connectivity index (χ0n) is 15.0. The summed E-state index contributed by atoms with van der Waals surface area (Å²) in [4.78, 5) is 38.6. The zero-order valence-corrected chi connectivity index (χ0v) is 16.6. The molecule has 0 saturated carbocycles. The van der Waals surface area contributed by atoms with Crippen LogP contribution in [0.25, 0.3) is 10.9 Å². The molecule has 1 amide bonds. The topological polar surface area (TPSA) is 143 Å². The molecular formula is C18H14BrN5O5. The van der Waals surface area contributed by atoms with Crippen LogP contribution < -0.4 is 16.0 Å². The second-order valence-corrected chi connectivity index (χ2v) is 6.83. The molecule has 10 nitrogen and oxygen atoms in total. The van der Waals surface area contributed by atoms with Crippen molar-refractivity contribution < 1.29 is 14.5 Å². The Hall–Kier alpha value is -3.60. The number of aromatic nitrogens is 2. The highest BCUT2D eigenvalue weighted by Gasteiger charge is 2.13. The van der Waals surface area contributed by atoms with E-state index in [-0.39, 0.29) is 17.0 Å². The molecule has 2 N–H and O–H groups in total. The van der Waals surface area contributed by atoms with Crippen molar-refractivity contribution in [1.82, 2.24) is 9.66 Å². The summed E-state index contributed by atoms with van der Waals surface area (Å²) < 4.78 is 7.06. The van der Waals surface area contributed by atoms with Gasteiger partial charge in [0.05, 0.1) is 22.0 Å². The number of ether oxygens (including phenoxy) is 1. The molecule has 3 rings (SSSR count). The van der Waals surface area contributed by atoms with Crippen LogP contribution >= 0.6 is 15.9 Å². The minimum atomic E-state index is -0.706. The van der Waals surface area contributed by atoms with Crippen molar-refractivity contribution in [1.29, 1.82) is 0 Å². The predicted octanol–water partition coefficient (Wildman–Crippen LogP) is 2.12. The van der Waals surface area contributed by atoms with Crippen molar-refractivity contribution >= 4 is 44.6 Å². The number of benzene rings is 2. The molecule has 2 aromatic carbocycles. The zero-order chi connectivity index (χ0) is 21.1. The summed E-state index contributed by atoms with van der Waals surface area (Å²) >= 11 is 3.31. The number of amides is 1. The molecule has 1 heterocycles. The molecule has 0 radical (unpaired) electrons. The molecule has 1 aromatic heterocycles. The van der Waals surface area contributed by atoms with Crippen LogP contribution in [0.1, 0.15) is 11.4 Å². The van der Waals surface area contributed by atoms with Crippen LogP contribution in [0.4, 0.5) is 5.69 Å². The molecule has 148 valence electrons. The number of primary amides is 1. The third-order valence-electron chi connectivity index (χ3n) is 3.86. The van der Waals surface area contributed by atoms with E-state index in [4.69, 9.17) is 10.5 Å². The number of hydrogen-bond acceptors (Lipinski definition) is 7. The van der Waals surface area contributed by atoms with E-state index in [0.29, 0.717) is 21.2 Å². The van der Waals surface area contributed by atoms with Gasteiger partial charge in [0.15, 0.2) is 6.61 Å². The van der Waals surface area contributed by atoms with Gasteiger partial charge in [-0.25, -0.2) is 4.98 Å². The standard InChI is InChI=1S/C18H14BrN5O5/c1-10-22-15-4-2-12(19)7-14(15)18(26)23(10)21-8-11-6-13(24(27)28)3-5-16(11)29-9-17(20)25/h2-8H,9H2,1H3,(H2,20,25). The Morgan fingerprint density at radius 2 is 2.14 bits per heavy atom. The van der Waals surface area contributed by atoms with Crippen molar-refractivity contribution in [3.8, 4) is 5.75 Å². The smallest absolute Gasteiger partial charge is 0.282 e. The lowest BCUT2D eigenvalue weighted by atomic mass is 10.2. The van der Waals surface area contributed by atoms with Crippen LogP contribution in [0.5, 0.6) is 5.75 Å². The first-order chi connectivity index (χ1) is 13.8. The lowest BCUT2D eigenvalue weighted by Crippen LogP contribution is -2.21. The average Bonchev–Trinajstić information content (AvgIpc) is 2.67. The first-order valence-electron chi connectivity index (χ1n) is 8.19. The summed E-state index contributed by atoms with van der Waals surface area (Å²) in [6, 6.07) is 8.87. The number of nitrogens with two attached hydrogens (primary N) is 1. The number of fused-ring (bicyclic) bond motifs is 1. The lowest BCUT2D eigenvalue weighted by molar-refractivity contribution is -0.384. The maximum atomic E-state index is 12.8. The van der Waals surface area contributed by atoms with Gasteiger partial charge >= 0.3 is 0 Å². The summed E-state index contributed by atoms with van der Waals surface area (Å²) in [5.74, 6) is -0.228. The summed E-state index contributed by atoms with van der Waals surface area (Å²) in [6.07, 6.45) is 1.23. The number of carbonyl (C=O) groups excluding carboxylic acids is 1. The Morgan fingerprint density at radius 1 is 1.38 bits per heavy atom. The maximum Gasteiger partial charge on any atom is 0.282 e. The average molecular weight is 460 g/mol. The number of nitro groups is 1.